The van der Waals surface area contributed by atoms with E-state index in [0.29, 0.717) is 23.2 Å². The standard InChI is InChI=1S/C32H44N10O3/c1-20-14-24(39-38-20)27-30(35-22-16-32(17-22)18-45-19-32)37-31(28(36-27)29(33)43)34-21-4-5-25(26(15-21)44-3)42-8-6-23(7-9-42)41-12-10-40(2)11-13-41/h4-5,14-15,22-23H,6-13,16-19H2,1-3H3,(H2,33,43)(H,38,39)(H2,34,35,37). The van der Waals surface area contributed by atoms with Crippen LogP contribution in [0.2, 0.25) is 0 Å². The fourth-order valence-corrected chi connectivity index (χ4v) is 7.23. The molecular weight excluding hydrogens is 572 g/mol. The van der Waals surface area contributed by atoms with Gasteiger partial charge >= 0.3 is 0 Å². The van der Waals surface area contributed by atoms with Crippen LogP contribution in [-0.2, 0) is 4.74 Å². The second kappa shape index (κ2) is 12.1. The lowest BCUT2D eigenvalue weighted by molar-refractivity contribution is -0.159. The predicted octanol–water partition coefficient (Wildman–Crippen LogP) is 2.83. The Bertz CT molecular complexity index is 1530. The van der Waals surface area contributed by atoms with Gasteiger partial charge in [-0.15, -0.1) is 0 Å². The number of aromatic amines is 1. The van der Waals surface area contributed by atoms with Crippen LogP contribution in [0.5, 0.6) is 5.75 Å². The van der Waals surface area contributed by atoms with E-state index in [-0.39, 0.29) is 23.0 Å². The molecule has 13 heteroatoms. The van der Waals surface area contributed by atoms with Crippen molar-refractivity contribution in [2.45, 2.75) is 44.7 Å². The Balaban J connectivity index is 1.11. The van der Waals surface area contributed by atoms with E-state index in [9.17, 15) is 4.79 Å². The SMILES string of the molecule is COc1cc(Nc2nc(NC3CC4(COC4)C3)c(-c3cc(C)[nH]n3)nc2C(N)=O)ccc1N1CCC(N2CCN(C)CC2)CC1. The summed E-state index contributed by atoms with van der Waals surface area (Å²) in [6, 6.07) is 8.75. The van der Waals surface area contributed by atoms with Gasteiger partial charge in [0.1, 0.15) is 17.1 Å². The zero-order valence-corrected chi connectivity index (χ0v) is 26.4. The molecule has 7 rings (SSSR count). The molecule has 1 spiro atoms. The molecule has 2 aromatic heterocycles. The number of piperazine rings is 1. The van der Waals surface area contributed by atoms with Crippen LogP contribution in [0.1, 0.15) is 41.9 Å². The van der Waals surface area contributed by atoms with E-state index in [1.165, 1.54) is 0 Å². The van der Waals surface area contributed by atoms with Crippen molar-refractivity contribution >= 4 is 28.9 Å². The van der Waals surface area contributed by atoms with Gasteiger partial charge in [-0.05, 0) is 57.9 Å². The van der Waals surface area contributed by atoms with E-state index in [2.05, 4.69) is 48.6 Å². The van der Waals surface area contributed by atoms with Gasteiger partial charge in [0, 0.05) is 74.2 Å². The fourth-order valence-electron chi connectivity index (χ4n) is 7.23. The number of anilines is 4. The second-order valence-electron chi connectivity index (χ2n) is 13.2. The number of nitrogens with zero attached hydrogens (tertiary/aromatic N) is 6. The van der Waals surface area contributed by atoms with Crippen molar-refractivity contribution in [1.29, 1.82) is 0 Å². The maximum absolute atomic E-state index is 12.7. The summed E-state index contributed by atoms with van der Waals surface area (Å²) in [5, 5.41) is 14.2. The first-order chi connectivity index (χ1) is 21.8. The summed E-state index contributed by atoms with van der Waals surface area (Å²) in [5.41, 5.74) is 9.91. The van der Waals surface area contributed by atoms with Gasteiger partial charge in [-0.1, -0.05) is 0 Å². The Morgan fingerprint density at radius 3 is 2.44 bits per heavy atom. The summed E-state index contributed by atoms with van der Waals surface area (Å²) in [6.45, 7) is 10.1. The fraction of sp³-hybridized carbons (Fsp3) is 0.562. The first kappa shape index (κ1) is 29.8. The monoisotopic (exact) mass is 616 g/mol. The number of carbonyl (C=O) groups excluding carboxylic acids is 1. The molecule has 1 amide bonds. The van der Waals surface area contributed by atoms with Crippen LogP contribution in [0.25, 0.3) is 11.4 Å². The lowest BCUT2D eigenvalue weighted by atomic mass is 9.64. The number of ether oxygens (including phenoxy) is 2. The van der Waals surface area contributed by atoms with E-state index in [4.69, 9.17) is 25.2 Å². The highest BCUT2D eigenvalue weighted by Gasteiger charge is 2.50. The summed E-state index contributed by atoms with van der Waals surface area (Å²) in [5.74, 6) is 0.924. The number of primary amides is 1. The molecule has 0 atom stereocenters. The van der Waals surface area contributed by atoms with Crippen molar-refractivity contribution in [1.82, 2.24) is 30.0 Å². The van der Waals surface area contributed by atoms with Crippen LogP contribution in [0.4, 0.5) is 23.0 Å². The number of methoxy groups -OCH3 is 1. The molecule has 5 heterocycles. The molecular formula is C32H44N10O3. The number of nitrogens with one attached hydrogen (secondary N) is 3. The molecule has 3 saturated heterocycles. The number of hydrogen-bond acceptors (Lipinski definition) is 11. The Hall–Kier alpha value is -3.94. The molecule has 3 aliphatic heterocycles. The molecule has 1 aliphatic carbocycles. The van der Waals surface area contributed by atoms with E-state index in [0.717, 1.165) is 101 Å². The molecule has 1 aromatic carbocycles. The predicted molar refractivity (Wildman–Crippen MR) is 173 cm³/mol. The first-order valence-electron chi connectivity index (χ1n) is 16.0. The van der Waals surface area contributed by atoms with Crippen molar-refractivity contribution in [3.8, 4) is 17.1 Å². The number of nitrogens with two attached hydrogens (primary N) is 1. The number of likely N-dealkylation sites (N-methyl/N-ethyl adjacent to an activating group) is 1. The summed E-state index contributed by atoms with van der Waals surface area (Å²) >= 11 is 0. The van der Waals surface area contributed by atoms with Gasteiger partial charge in [0.25, 0.3) is 5.91 Å². The Morgan fingerprint density at radius 2 is 1.82 bits per heavy atom. The average molecular weight is 617 g/mol. The zero-order valence-electron chi connectivity index (χ0n) is 26.4. The number of H-pyrrole nitrogens is 1. The minimum Gasteiger partial charge on any atom is -0.495 e. The molecule has 4 aliphatic rings. The van der Waals surface area contributed by atoms with Crippen molar-refractivity contribution in [2.75, 3.05) is 82.2 Å². The third-order valence-corrected chi connectivity index (χ3v) is 9.90. The minimum absolute atomic E-state index is 0.0442. The van der Waals surface area contributed by atoms with Crippen LogP contribution in [-0.4, -0.2) is 115 Å². The van der Waals surface area contributed by atoms with Gasteiger partial charge in [0.2, 0.25) is 0 Å². The number of amides is 1. The van der Waals surface area contributed by atoms with Gasteiger partial charge in [-0.2, -0.15) is 5.10 Å². The Morgan fingerprint density at radius 1 is 1.07 bits per heavy atom. The lowest BCUT2D eigenvalue weighted by Gasteiger charge is -2.53. The topological polar surface area (TPSA) is 150 Å². The number of rotatable bonds is 9. The maximum atomic E-state index is 12.7. The minimum atomic E-state index is -0.675. The highest BCUT2D eigenvalue weighted by molar-refractivity contribution is 5.97. The number of carbonyl (C=O) groups is 1. The molecule has 13 nitrogen and oxygen atoms in total. The molecule has 45 heavy (non-hydrogen) atoms. The van der Waals surface area contributed by atoms with Crippen molar-refractivity contribution < 1.29 is 14.3 Å². The van der Waals surface area contributed by atoms with Gasteiger partial charge in [0.15, 0.2) is 17.3 Å². The summed E-state index contributed by atoms with van der Waals surface area (Å²) in [4.78, 5) is 29.7. The second-order valence-corrected chi connectivity index (χ2v) is 13.2. The van der Waals surface area contributed by atoms with Gasteiger partial charge in [-0.25, -0.2) is 9.97 Å². The molecule has 0 radical (unpaired) electrons. The van der Waals surface area contributed by atoms with E-state index in [1.807, 2.05) is 25.1 Å². The molecule has 3 aromatic rings. The average Bonchev–Trinajstić information content (AvgIpc) is 3.44. The summed E-state index contributed by atoms with van der Waals surface area (Å²) in [7, 11) is 3.89. The number of piperidine rings is 1. The van der Waals surface area contributed by atoms with Gasteiger partial charge in [0.05, 0.1) is 26.0 Å². The van der Waals surface area contributed by atoms with E-state index < -0.39 is 5.91 Å². The van der Waals surface area contributed by atoms with Crippen LogP contribution in [0.3, 0.4) is 0 Å². The van der Waals surface area contributed by atoms with Gasteiger partial charge in [-0.3, -0.25) is 14.8 Å². The number of aromatic nitrogens is 4. The summed E-state index contributed by atoms with van der Waals surface area (Å²) in [6.07, 6.45) is 4.27. The largest absolute Gasteiger partial charge is 0.495 e. The van der Waals surface area contributed by atoms with Crippen molar-refractivity contribution in [3.05, 3.63) is 35.7 Å². The molecule has 4 fully saturated rings. The van der Waals surface area contributed by atoms with Crippen LogP contribution in [0.15, 0.2) is 24.3 Å². The first-order valence-corrected chi connectivity index (χ1v) is 16.0. The highest BCUT2D eigenvalue weighted by Crippen LogP contribution is 2.48. The number of benzene rings is 1. The van der Waals surface area contributed by atoms with Crippen LogP contribution >= 0.6 is 0 Å². The van der Waals surface area contributed by atoms with Crippen LogP contribution in [0, 0.1) is 12.3 Å². The van der Waals surface area contributed by atoms with E-state index in [1.54, 1.807) is 7.11 Å². The highest BCUT2D eigenvalue weighted by atomic mass is 16.5. The van der Waals surface area contributed by atoms with Crippen LogP contribution < -0.4 is 26.0 Å². The zero-order chi connectivity index (χ0) is 31.1. The Labute approximate surface area is 263 Å². The van der Waals surface area contributed by atoms with E-state index >= 15 is 0 Å². The molecule has 1 saturated carbocycles. The van der Waals surface area contributed by atoms with Crippen molar-refractivity contribution in [3.63, 3.8) is 0 Å². The Kier molecular flexibility index (Phi) is 8.00. The smallest absolute Gasteiger partial charge is 0.271 e. The third-order valence-electron chi connectivity index (χ3n) is 9.90. The quantitative estimate of drug-likeness (QED) is 0.281. The number of hydrogen-bond donors (Lipinski definition) is 4. The third kappa shape index (κ3) is 6.03. The lowest BCUT2D eigenvalue weighted by Crippen LogP contribution is -2.56. The molecule has 240 valence electrons. The molecule has 0 bridgehead atoms. The van der Waals surface area contributed by atoms with Gasteiger partial charge < -0.3 is 35.6 Å². The maximum Gasteiger partial charge on any atom is 0.271 e. The molecule has 0 unspecified atom stereocenters. The number of aryl methyl sites for hydroxylation is 1. The summed E-state index contributed by atoms with van der Waals surface area (Å²) < 4.78 is 11.3. The van der Waals surface area contributed by atoms with Crippen molar-refractivity contribution in [2.24, 2.45) is 11.1 Å². The normalized spacial score (nSPS) is 20.9. The molecule has 5 N–H and O–H groups in total.